The molecule has 69 heavy (non-hydrogen) atoms. The molecule has 6 heteroatoms. The third kappa shape index (κ3) is 8.18. The predicted octanol–water partition coefficient (Wildman–Crippen LogP) is 13.9. The monoisotopic (exact) mass is 907 g/mol. The second kappa shape index (κ2) is 18.1. The van der Waals surface area contributed by atoms with Gasteiger partial charge in [-0.25, -0.2) is 0 Å². The summed E-state index contributed by atoms with van der Waals surface area (Å²) in [6, 6.07) is 46.1. The van der Waals surface area contributed by atoms with Gasteiger partial charge in [0.25, 0.3) is 0 Å². The molecule has 3 heterocycles. The molecule has 348 valence electrons. The van der Waals surface area contributed by atoms with E-state index in [4.69, 9.17) is 15.0 Å². The fourth-order valence-corrected chi connectivity index (χ4v) is 11.0. The molecule has 0 fully saturated rings. The number of aliphatic imine (C=N–C) groups is 3. The van der Waals surface area contributed by atoms with Crippen molar-refractivity contribution in [2.24, 2.45) is 15.0 Å². The van der Waals surface area contributed by atoms with E-state index in [0.717, 1.165) is 34.2 Å². The zero-order valence-corrected chi connectivity index (χ0v) is 42.4. The van der Waals surface area contributed by atoms with E-state index in [1.807, 2.05) is 0 Å². The first-order valence-corrected chi connectivity index (χ1v) is 24.7. The molecule has 3 aliphatic rings. The van der Waals surface area contributed by atoms with Crippen LogP contribution in [0.15, 0.2) is 142 Å². The van der Waals surface area contributed by atoms with Gasteiger partial charge in [-0.15, -0.1) is 0 Å². The molecule has 0 bridgehead atoms. The van der Waals surface area contributed by atoms with E-state index < -0.39 is 0 Å². The van der Waals surface area contributed by atoms with E-state index in [9.17, 15) is 0 Å². The summed E-state index contributed by atoms with van der Waals surface area (Å²) in [5.41, 5.74) is 25.8. The van der Waals surface area contributed by atoms with Crippen LogP contribution in [-0.2, 0) is 0 Å². The molecule has 7 aromatic carbocycles. The average molecular weight is 907 g/mol. The fourth-order valence-electron chi connectivity index (χ4n) is 11.0. The van der Waals surface area contributed by atoms with Gasteiger partial charge in [0.1, 0.15) is 35.6 Å². The van der Waals surface area contributed by atoms with E-state index in [1.165, 1.54) is 100 Å². The van der Waals surface area contributed by atoms with Crippen LogP contribution in [0.1, 0.15) is 153 Å². The smallest absolute Gasteiger partial charge is 0.129 e. The van der Waals surface area contributed by atoms with Gasteiger partial charge >= 0.3 is 0 Å². The highest BCUT2D eigenvalue weighted by Gasteiger charge is 2.39. The topological polar surface area (TPSA) is 73.2 Å². The third-order valence-corrected chi connectivity index (χ3v) is 16.2. The Kier molecular flexibility index (Phi) is 12.0. The highest BCUT2D eigenvalue weighted by atomic mass is 15.2. The molecule has 0 radical (unpaired) electrons. The molecule has 10 rings (SSSR count). The summed E-state index contributed by atoms with van der Waals surface area (Å²) in [6.45, 7) is 26.7. The quantitative estimate of drug-likeness (QED) is 0.135. The molecule has 6 nitrogen and oxygen atoms in total. The van der Waals surface area contributed by atoms with E-state index in [2.05, 4.69) is 226 Å². The molecule has 6 atom stereocenters. The normalized spacial score (nSPS) is 20.8. The Morgan fingerprint density at radius 1 is 0.275 bits per heavy atom. The standard InChI is InChI=1S/C63H66N6/c1-34-19-13-25-49(40(34)7)55-56(50-26-14-20-35(2)41(50)8)65-61(64-55)46-31-47(62-66-57(51-27-15-21-36(3)42(51)9)58(67-62)52-28-16-22-37(4)43(52)10)33-48(32-46)63-68-59(53-29-17-23-38(5)44(53)11)60(69-63)54-30-18-24-39(6)45(54)12/h13-33,55-60H,1-12H3,(H,64,65)(H,66,67)(H,68,69)/t55-,56-,57-,58-,59-,60-/m0/s1. The molecule has 0 saturated heterocycles. The number of nitrogens with zero attached hydrogens (tertiary/aromatic N) is 3. The molecular weight excluding hydrogens is 841 g/mol. The second-order valence-corrected chi connectivity index (χ2v) is 20.2. The second-order valence-electron chi connectivity index (χ2n) is 20.2. The minimum absolute atomic E-state index is 0.0684. The molecule has 0 amide bonds. The van der Waals surface area contributed by atoms with Gasteiger partial charge in [-0.1, -0.05) is 109 Å². The molecule has 0 aliphatic carbocycles. The lowest BCUT2D eigenvalue weighted by atomic mass is 9.87. The van der Waals surface area contributed by atoms with Gasteiger partial charge in [-0.3, -0.25) is 15.0 Å². The van der Waals surface area contributed by atoms with Crippen molar-refractivity contribution in [1.82, 2.24) is 16.0 Å². The number of hydrogen-bond donors (Lipinski definition) is 3. The first kappa shape index (κ1) is 45.7. The predicted molar refractivity (Wildman–Crippen MR) is 287 cm³/mol. The summed E-state index contributed by atoms with van der Waals surface area (Å²) in [5, 5.41) is 12.1. The lowest BCUT2D eigenvalue weighted by Crippen LogP contribution is -2.29. The summed E-state index contributed by atoms with van der Waals surface area (Å²) in [5.74, 6) is 2.59. The highest BCUT2D eigenvalue weighted by molar-refractivity contribution is 6.10. The minimum Gasteiger partial charge on any atom is -0.361 e. The Balaban J connectivity index is 1.18. The summed E-state index contributed by atoms with van der Waals surface area (Å²) in [6.07, 6.45) is 0. The first-order valence-electron chi connectivity index (χ1n) is 24.7. The molecule has 7 aromatic rings. The van der Waals surface area contributed by atoms with E-state index >= 15 is 0 Å². The van der Waals surface area contributed by atoms with E-state index in [-0.39, 0.29) is 36.3 Å². The SMILES string of the molecule is Cc1cccc([C@@H]2N=C(c3cc(C4=N[C@@H](c5cccc(C)c5C)[C@H](c5cccc(C)c5C)N4)cc(C4=N[C@@H](c5cccc(C)c5C)[C@H](c5cccc(C)c5C)N4)c3)N[C@H]2c2cccc(C)c2C)c1C. The van der Waals surface area contributed by atoms with Crippen LogP contribution in [0.3, 0.4) is 0 Å². The van der Waals surface area contributed by atoms with Crippen LogP contribution in [0.2, 0.25) is 0 Å². The highest BCUT2D eigenvalue weighted by Crippen LogP contribution is 2.45. The molecule has 3 N–H and O–H groups in total. The van der Waals surface area contributed by atoms with Crippen LogP contribution in [0.5, 0.6) is 0 Å². The number of rotatable bonds is 9. The van der Waals surface area contributed by atoms with Crippen molar-refractivity contribution in [3.63, 3.8) is 0 Å². The summed E-state index contributed by atoms with van der Waals surface area (Å²) in [4.78, 5) is 17.1. The Bertz CT molecular complexity index is 2920. The summed E-state index contributed by atoms with van der Waals surface area (Å²) >= 11 is 0. The number of aryl methyl sites for hydroxylation is 6. The Labute approximate surface area is 410 Å². The molecule has 0 spiro atoms. The van der Waals surface area contributed by atoms with Gasteiger partial charge in [-0.2, -0.15) is 0 Å². The number of nitrogens with one attached hydrogen (secondary N) is 3. The maximum absolute atomic E-state index is 5.71. The fraction of sp³-hybridized carbons (Fsp3) is 0.286. The largest absolute Gasteiger partial charge is 0.361 e. The van der Waals surface area contributed by atoms with Crippen molar-refractivity contribution in [2.45, 2.75) is 119 Å². The van der Waals surface area contributed by atoms with Crippen molar-refractivity contribution in [3.05, 3.63) is 244 Å². The van der Waals surface area contributed by atoms with Crippen LogP contribution < -0.4 is 16.0 Å². The molecular formula is C63H66N6. The zero-order chi connectivity index (χ0) is 48.4. The average Bonchev–Trinajstić information content (AvgIpc) is 4.10. The Hall–Kier alpha value is -7.05. The summed E-state index contributed by atoms with van der Waals surface area (Å²) in [7, 11) is 0. The van der Waals surface area contributed by atoms with Crippen molar-refractivity contribution >= 4 is 17.5 Å². The van der Waals surface area contributed by atoms with Gasteiger partial charge in [0.2, 0.25) is 0 Å². The summed E-state index contributed by atoms with van der Waals surface area (Å²) < 4.78 is 0. The lowest BCUT2D eigenvalue weighted by molar-refractivity contribution is 0.566. The van der Waals surface area contributed by atoms with E-state index in [1.54, 1.807) is 0 Å². The van der Waals surface area contributed by atoms with Crippen molar-refractivity contribution in [1.29, 1.82) is 0 Å². The van der Waals surface area contributed by atoms with Crippen molar-refractivity contribution in [3.8, 4) is 0 Å². The van der Waals surface area contributed by atoms with Crippen LogP contribution >= 0.6 is 0 Å². The molecule has 0 aromatic heterocycles. The van der Waals surface area contributed by atoms with Gasteiger partial charge in [0, 0.05) is 16.7 Å². The number of hydrogen-bond acceptors (Lipinski definition) is 6. The molecule has 0 unspecified atom stereocenters. The number of benzene rings is 7. The van der Waals surface area contributed by atoms with Gasteiger partial charge in [0.05, 0.1) is 18.1 Å². The number of amidine groups is 3. The zero-order valence-electron chi connectivity index (χ0n) is 42.4. The minimum atomic E-state index is -0.138. The maximum atomic E-state index is 5.71. The van der Waals surface area contributed by atoms with Crippen molar-refractivity contribution < 1.29 is 0 Å². The van der Waals surface area contributed by atoms with Crippen LogP contribution in [0, 0.1) is 83.1 Å². The van der Waals surface area contributed by atoms with Gasteiger partial charge in [-0.05, 0) is 201 Å². The molecule has 0 saturated carbocycles. The van der Waals surface area contributed by atoms with Gasteiger partial charge in [0.15, 0.2) is 0 Å². The van der Waals surface area contributed by atoms with E-state index in [0.29, 0.717) is 0 Å². The van der Waals surface area contributed by atoms with Crippen molar-refractivity contribution in [2.75, 3.05) is 0 Å². The lowest BCUT2D eigenvalue weighted by Gasteiger charge is -2.24. The van der Waals surface area contributed by atoms with Gasteiger partial charge < -0.3 is 16.0 Å². The Morgan fingerprint density at radius 3 is 0.710 bits per heavy atom. The van der Waals surface area contributed by atoms with Crippen LogP contribution in [0.4, 0.5) is 0 Å². The maximum Gasteiger partial charge on any atom is 0.129 e. The molecule has 3 aliphatic heterocycles. The first-order chi connectivity index (χ1) is 33.2. The Morgan fingerprint density at radius 2 is 0.478 bits per heavy atom. The van der Waals surface area contributed by atoms with Crippen LogP contribution in [-0.4, -0.2) is 17.5 Å². The van der Waals surface area contributed by atoms with Crippen LogP contribution in [0.25, 0.3) is 0 Å². The third-order valence-electron chi connectivity index (χ3n) is 16.2.